The molecular weight excluding hydrogens is 506 g/mol. The maximum absolute atomic E-state index is 13.8. The van der Waals surface area contributed by atoms with E-state index in [-0.39, 0.29) is 23.0 Å². The van der Waals surface area contributed by atoms with Gasteiger partial charge in [-0.2, -0.15) is 0 Å². The molecule has 9 nitrogen and oxygen atoms in total. The van der Waals surface area contributed by atoms with E-state index in [1.165, 1.54) is 44.4 Å². The molecule has 0 heterocycles. The van der Waals surface area contributed by atoms with E-state index in [0.29, 0.717) is 11.5 Å². The number of carbonyl (C=O) groups is 2. The molecule has 1 atom stereocenters. The first-order valence-electron chi connectivity index (χ1n) is 12.0. The molecular formula is C28H33N3O6S. The van der Waals surface area contributed by atoms with Crippen molar-refractivity contribution in [2.75, 3.05) is 32.1 Å². The molecule has 0 saturated heterocycles. The van der Waals surface area contributed by atoms with Gasteiger partial charge in [-0.25, -0.2) is 8.42 Å². The number of amides is 2. The minimum atomic E-state index is -4.17. The Hall–Kier alpha value is -4.05. The Morgan fingerprint density at radius 1 is 0.921 bits per heavy atom. The average Bonchev–Trinajstić information content (AvgIpc) is 2.94. The van der Waals surface area contributed by atoms with Gasteiger partial charge in [0, 0.05) is 19.7 Å². The number of carbonyl (C=O) groups excluding carboxylic acids is 2. The molecule has 10 heteroatoms. The summed E-state index contributed by atoms with van der Waals surface area (Å²) in [4.78, 5) is 27.8. The summed E-state index contributed by atoms with van der Waals surface area (Å²) in [5, 5.41) is 2.57. The van der Waals surface area contributed by atoms with Crippen molar-refractivity contribution in [2.24, 2.45) is 0 Å². The summed E-state index contributed by atoms with van der Waals surface area (Å²) in [5.41, 5.74) is 2.01. The first-order valence-corrected chi connectivity index (χ1v) is 13.4. The fourth-order valence-electron chi connectivity index (χ4n) is 3.99. The molecule has 0 aromatic heterocycles. The van der Waals surface area contributed by atoms with Gasteiger partial charge in [-0.05, 0) is 49.2 Å². The Balaban J connectivity index is 2.09. The van der Waals surface area contributed by atoms with E-state index in [9.17, 15) is 18.0 Å². The second kappa shape index (κ2) is 12.5. The molecule has 0 fully saturated rings. The highest BCUT2D eigenvalue weighted by molar-refractivity contribution is 7.92. The van der Waals surface area contributed by atoms with Crippen molar-refractivity contribution >= 4 is 27.5 Å². The van der Waals surface area contributed by atoms with Gasteiger partial charge in [0.2, 0.25) is 11.8 Å². The second-order valence-corrected chi connectivity index (χ2v) is 10.5. The Bertz CT molecular complexity index is 1380. The highest BCUT2D eigenvalue weighted by Crippen LogP contribution is 2.34. The average molecular weight is 540 g/mol. The fraction of sp³-hybridized carbons (Fsp3) is 0.286. The SMILES string of the molecule is CNC(=O)C(C)N(Cc1ccccc1C)C(=O)CN(c1ccc(OC)c(OC)c1)S(=O)(=O)c1ccccc1. The third kappa shape index (κ3) is 6.25. The minimum absolute atomic E-state index is 0.0207. The molecule has 2 amide bonds. The van der Waals surface area contributed by atoms with Crippen molar-refractivity contribution in [3.05, 3.63) is 83.9 Å². The topological polar surface area (TPSA) is 105 Å². The molecule has 0 aliphatic carbocycles. The van der Waals surface area contributed by atoms with Crippen molar-refractivity contribution in [1.29, 1.82) is 0 Å². The number of hydrogen-bond acceptors (Lipinski definition) is 6. The Morgan fingerprint density at radius 3 is 2.16 bits per heavy atom. The highest BCUT2D eigenvalue weighted by Gasteiger charge is 2.32. The second-order valence-electron chi connectivity index (χ2n) is 8.60. The van der Waals surface area contributed by atoms with E-state index < -0.39 is 28.5 Å². The third-order valence-electron chi connectivity index (χ3n) is 6.28. The van der Waals surface area contributed by atoms with Gasteiger partial charge in [0.15, 0.2) is 11.5 Å². The molecule has 1 N–H and O–H groups in total. The van der Waals surface area contributed by atoms with Crippen molar-refractivity contribution < 1.29 is 27.5 Å². The molecule has 3 aromatic rings. The van der Waals surface area contributed by atoms with Crippen molar-refractivity contribution in [1.82, 2.24) is 10.2 Å². The lowest BCUT2D eigenvalue weighted by Crippen LogP contribution is -2.50. The lowest BCUT2D eigenvalue weighted by Gasteiger charge is -2.32. The number of nitrogens with zero attached hydrogens (tertiary/aromatic N) is 2. The molecule has 0 aliphatic rings. The zero-order chi connectivity index (χ0) is 27.9. The summed E-state index contributed by atoms with van der Waals surface area (Å²) >= 11 is 0. The summed E-state index contributed by atoms with van der Waals surface area (Å²) in [7, 11) is 0.238. The Kier molecular flexibility index (Phi) is 9.35. The van der Waals surface area contributed by atoms with E-state index in [4.69, 9.17) is 9.47 Å². The third-order valence-corrected chi connectivity index (χ3v) is 8.07. The molecule has 202 valence electrons. The monoisotopic (exact) mass is 539 g/mol. The van der Waals surface area contributed by atoms with Crippen LogP contribution in [0, 0.1) is 6.92 Å². The van der Waals surface area contributed by atoms with Crippen LogP contribution in [0.5, 0.6) is 11.5 Å². The van der Waals surface area contributed by atoms with Crippen LogP contribution in [0.4, 0.5) is 5.69 Å². The Morgan fingerprint density at radius 2 is 1.55 bits per heavy atom. The standard InChI is InChI=1S/C28H33N3O6S/c1-20-11-9-10-12-22(20)18-30(21(2)28(33)29-3)27(32)19-31(38(34,35)24-13-7-6-8-14-24)23-15-16-25(36-4)26(17-23)37-5/h6-17,21H,18-19H2,1-5H3,(H,29,33). The lowest BCUT2D eigenvalue weighted by atomic mass is 10.1. The van der Waals surface area contributed by atoms with Crippen LogP contribution in [-0.4, -0.2) is 59.0 Å². The van der Waals surface area contributed by atoms with Crippen LogP contribution in [-0.2, 0) is 26.2 Å². The van der Waals surface area contributed by atoms with Gasteiger partial charge in [0.05, 0.1) is 24.8 Å². The van der Waals surface area contributed by atoms with Gasteiger partial charge in [0.25, 0.3) is 10.0 Å². The van der Waals surface area contributed by atoms with Crippen molar-refractivity contribution in [3.8, 4) is 11.5 Å². The normalized spacial score (nSPS) is 11.8. The maximum atomic E-state index is 13.8. The molecule has 0 radical (unpaired) electrons. The van der Waals surface area contributed by atoms with E-state index >= 15 is 0 Å². The molecule has 0 aliphatic heterocycles. The zero-order valence-electron chi connectivity index (χ0n) is 22.2. The number of rotatable bonds is 11. The molecule has 0 saturated carbocycles. The van der Waals surface area contributed by atoms with Crippen LogP contribution >= 0.6 is 0 Å². The van der Waals surface area contributed by atoms with Gasteiger partial charge in [0.1, 0.15) is 12.6 Å². The summed E-state index contributed by atoms with van der Waals surface area (Å²) in [6.45, 7) is 3.12. The predicted octanol–water partition coefficient (Wildman–Crippen LogP) is 3.37. The first kappa shape index (κ1) is 28.5. The van der Waals surface area contributed by atoms with E-state index in [1.54, 1.807) is 37.3 Å². The number of sulfonamides is 1. The van der Waals surface area contributed by atoms with E-state index in [1.807, 2.05) is 31.2 Å². The van der Waals surface area contributed by atoms with Crippen LogP contribution in [0.2, 0.25) is 0 Å². The number of benzene rings is 3. The minimum Gasteiger partial charge on any atom is -0.493 e. The maximum Gasteiger partial charge on any atom is 0.264 e. The van der Waals surface area contributed by atoms with Crippen LogP contribution in [0.25, 0.3) is 0 Å². The quantitative estimate of drug-likeness (QED) is 0.401. The van der Waals surface area contributed by atoms with E-state index in [0.717, 1.165) is 15.4 Å². The van der Waals surface area contributed by atoms with Crippen LogP contribution in [0.3, 0.4) is 0 Å². The first-order chi connectivity index (χ1) is 18.1. The number of anilines is 1. The van der Waals surface area contributed by atoms with Gasteiger partial charge in [-0.3, -0.25) is 13.9 Å². The summed E-state index contributed by atoms with van der Waals surface area (Å²) in [6.07, 6.45) is 0. The summed E-state index contributed by atoms with van der Waals surface area (Å²) in [5.74, 6) is -0.190. The predicted molar refractivity (Wildman–Crippen MR) is 146 cm³/mol. The van der Waals surface area contributed by atoms with E-state index in [2.05, 4.69) is 5.32 Å². The van der Waals surface area contributed by atoms with Gasteiger partial charge >= 0.3 is 0 Å². The summed E-state index contributed by atoms with van der Waals surface area (Å²) in [6, 6.07) is 19.2. The number of hydrogen-bond donors (Lipinski definition) is 1. The van der Waals surface area contributed by atoms with Crippen molar-refractivity contribution in [2.45, 2.75) is 31.3 Å². The summed E-state index contributed by atoms with van der Waals surface area (Å²) < 4.78 is 39.3. The largest absolute Gasteiger partial charge is 0.493 e. The van der Waals surface area contributed by atoms with Crippen LogP contribution in [0.15, 0.2) is 77.7 Å². The van der Waals surface area contributed by atoms with Crippen molar-refractivity contribution in [3.63, 3.8) is 0 Å². The number of nitrogens with one attached hydrogen (secondary N) is 1. The Labute approximate surface area is 224 Å². The zero-order valence-corrected chi connectivity index (χ0v) is 23.0. The lowest BCUT2D eigenvalue weighted by molar-refractivity contribution is -0.139. The fourth-order valence-corrected chi connectivity index (χ4v) is 5.42. The number of ether oxygens (including phenoxy) is 2. The van der Waals surface area contributed by atoms with Gasteiger partial charge in [-0.1, -0.05) is 42.5 Å². The molecule has 0 bridgehead atoms. The smallest absolute Gasteiger partial charge is 0.264 e. The highest BCUT2D eigenvalue weighted by atomic mass is 32.2. The van der Waals surface area contributed by atoms with Gasteiger partial charge in [-0.15, -0.1) is 0 Å². The molecule has 38 heavy (non-hydrogen) atoms. The van der Waals surface area contributed by atoms with Crippen LogP contribution < -0.4 is 19.1 Å². The molecule has 0 spiro atoms. The van der Waals surface area contributed by atoms with Crippen LogP contribution in [0.1, 0.15) is 18.1 Å². The van der Waals surface area contributed by atoms with Gasteiger partial charge < -0.3 is 19.7 Å². The number of aryl methyl sites for hydroxylation is 1. The number of methoxy groups -OCH3 is 2. The number of likely N-dealkylation sites (N-methyl/N-ethyl adjacent to an activating group) is 1. The molecule has 1 unspecified atom stereocenters. The molecule has 3 aromatic carbocycles. The molecule has 3 rings (SSSR count).